The SMILES string of the molecule is CO[C@@H]1C=CO[C@@]2(C)Oc3c(C)c(O)c4c(O)c(c(C=NN5CCCCCCCCCCCC5)c(O)c4c3C2=O)NC(=O)C(C)=CC=C[C@H](C)[C@H](O)[C@H](C)[C@H](O)[C@H](C)[C@@H](OC(C)=O)[C@@H]1C. The minimum absolute atomic E-state index is 0.0677. The minimum atomic E-state index is -2.04. The van der Waals surface area contributed by atoms with Crippen LogP contribution < -0.4 is 10.1 Å². The van der Waals surface area contributed by atoms with E-state index in [1.54, 1.807) is 46.8 Å². The lowest BCUT2D eigenvalue weighted by atomic mass is 9.78. The summed E-state index contributed by atoms with van der Waals surface area (Å²) in [4.78, 5) is 41.0. The van der Waals surface area contributed by atoms with Crippen LogP contribution in [-0.2, 0) is 23.8 Å². The molecule has 358 valence electrons. The standard InChI is InChI=1S/C50H71N3O12/c1-28-21-20-22-29(2)49(61)52-40-35(27-51-53-24-18-16-14-12-10-11-13-15-17-19-25-53)44(58)37-38(45(40)59)43(57)33(6)47-39(37)48(60)50(8,65-47)63-26-23-36(62-9)30(3)46(64-34(7)54)32(5)42(56)31(4)41(28)55/h20-23,26-28,30-32,36,41-42,46,55-59H,10-19,24-25H2,1-9H3,(H,52,61)/t28-,30+,31-,32-,36+,41-,42-,46-,50-/m0/s1. The fraction of sp³-hybridized carbons (Fsp3) is 0.600. The number of ether oxygens (including phenoxy) is 4. The number of nitrogens with zero attached hydrogens (tertiary/aromatic N) is 2. The van der Waals surface area contributed by atoms with Gasteiger partial charge in [-0.25, -0.2) is 0 Å². The van der Waals surface area contributed by atoms with Gasteiger partial charge in [0.15, 0.2) is 5.75 Å². The number of methoxy groups -OCH3 is 1. The number of esters is 1. The number of benzene rings is 2. The minimum Gasteiger partial charge on any atom is -0.507 e. The van der Waals surface area contributed by atoms with Gasteiger partial charge in [0, 0.05) is 74.2 Å². The Morgan fingerprint density at radius 1 is 0.846 bits per heavy atom. The first kappa shape index (κ1) is 50.9. The Morgan fingerprint density at radius 2 is 1.45 bits per heavy atom. The van der Waals surface area contributed by atoms with Crippen molar-refractivity contribution >= 4 is 40.3 Å². The Kier molecular flexibility index (Phi) is 17.5. The highest BCUT2D eigenvalue weighted by Gasteiger charge is 2.50. The molecule has 5 bridgehead atoms. The molecule has 0 aliphatic carbocycles. The summed E-state index contributed by atoms with van der Waals surface area (Å²) in [6, 6.07) is 0. The van der Waals surface area contributed by atoms with E-state index >= 15 is 0 Å². The van der Waals surface area contributed by atoms with Crippen molar-refractivity contribution in [3.8, 4) is 23.0 Å². The summed E-state index contributed by atoms with van der Waals surface area (Å²) < 4.78 is 23.8. The van der Waals surface area contributed by atoms with Crippen LogP contribution in [0.5, 0.6) is 23.0 Å². The predicted octanol–water partition coefficient (Wildman–Crippen LogP) is 8.30. The van der Waals surface area contributed by atoms with Gasteiger partial charge in [0.2, 0.25) is 0 Å². The quantitative estimate of drug-likeness (QED) is 0.0738. The first-order valence-electron chi connectivity index (χ1n) is 23.2. The van der Waals surface area contributed by atoms with Crippen LogP contribution in [0.25, 0.3) is 10.8 Å². The lowest BCUT2D eigenvalue weighted by molar-refractivity contribution is -0.160. The van der Waals surface area contributed by atoms with Crippen molar-refractivity contribution in [1.82, 2.24) is 5.01 Å². The molecule has 2 aromatic rings. The molecule has 0 aromatic heterocycles. The Morgan fingerprint density at radius 3 is 2.03 bits per heavy atom. The highest BCUT2D eigenvalue weighted by Crippen LogP contribution is 2.55. The number of allylic oxidation sites excluding steroid dienone is 2. The van der Waals surface area contributed by atoms with Crippen molar-refractivity contribution in [3.63, 3.8) is 0 Å². The maximum Gasteiger partial charge on any atom is 0.312 e. The third-order valence-electron chi connectivity index (χ3n) is 13.5. The molecule has 1 fully saturated rings. The van der Waals surface area contributed by atoms with Crippen LogP contribution in [0.15, 0.2) is 41.2 Å². The van der Waals surface area contributed by atoms with Crippen LogP contribution in [0, 0.1) is 30.6 Å². The zero-order valence-electron chi connectivity index (χ0n) is 39.6. The van der Waals surface area contributed by atoms with Crippen LogP contribution >= 0.6 is 0 Å². The number of fused-ring (bicyclic) bond motifs is 14. The lowest BCUT2D eigenvalue weighted by Crippen LogP contribution is -2.46. The lowest BCUT2D eigenvalue weighted by Gasteiger charge is -2.38. The van der Waals surface area contributed by atoms with Crippen molar-refractivity contribution in [3.05, 3.63) is 52.8 Å². The molecule has 6 N–H and O–H groups in total. The van der Waals surface area contributed by atoms with E-state index in [1.165, 1.54) is 78.2 Å². The number of ketones is 1. The molecular weight excluding hydrogens is 835 g/mol. The van der Waals surface area contributed by atoms with Crippen molar-refractivity contribution in [2.45, 2.75) is 150 Å². The first-order chi connectivity index (χ1) is 30.8. The number of rotatable bonds is 4. The van der Waals surface area contributed by atoms with Crippen LogP contribution in [-0.4, -0.2) is 105 Å². The number of phenolic OH excluding ortho intramolecular Hbond substituents is 3. The monoisotopic (exact) mass is 906 g/mol. The molecule has 0 spiro atoms. The second kappa shape index (κ2) is 22.4. The number of hydrazone groups is 1. The summed E-state index contributed by atoms with van der Waals surface area (Å²) in [7, 11) is 1.45. The second-order valence-electron chi connectivity index (χ2n) is 18.4. The fourth-order valence-electron chi connectivity index (χ4n) is 9.24. The van der Waals surface area contributed by atoms with Crippen molar-refractivity contribution in [2.24, 2.45) is 28.8 Å². The molecule has 0 saturated carbocycles. The summed E-state index contributed by atoms with van der Waals surface area (Å²) in [5, 5.41) is 68.1. The highest BCUT2D eigenvalue weighted by molar-refractivity contribution is 6.23. The Hall–Kier alpha value is -5.12. The molecule has 9 atom stereocenters. The number of hydrogen-bond donors (Lipinski definition) is 6. The molecule has 4 heterocycles. The molecule has 0 unspecified atom stereocenters. The van der Waals surface area contributed by atoms with Crippen molar-refractivity contribution in [2.75, 3.05) is 25.5 Å². The number of anilines is 1. The van der Waals surface area contributed by atoms with E-state index in [-0.39, 0.29) is 44.5 Å². The zero-order valence-corrected chi connectivity index (χ0v) is 39.6. The smallest absolute Gasteiger partial charge is 0.312 e. The number of phenols is 3. The molecule has 4 aliphatic rings. The molecule has 65 heavy (non-hydrogen) atoms. The van der Waals surface area contributed by atoms with Gasteiger partial charge in [0.25, 0.3) is 11.7 Å². The van der Waals surface area contributed by atoms with Gasteiger partial charge in [0.05, 0.1) is 53.0 Å². The van der Waals surface area contributed by atoms with Gasteiger partial charge >= 0.3 is 11.8 Å². The summed E-state index contributed by atoms with van der Waals surface area (Å²) in [5.74, 6) is -8.24. The number of aliphatic hydroxyl groups excluding tert-OH is 2. The third-order valence-corrected chi connectivity index (χ3v) is 13.5. The molecule has 4 aliphatic heterocycles. The van der Waals surface area contributed by atoms with E-state index in [1.807, 2.05) is 5.01 Å². The Bertz CT molecular complexity index is 2150. The summed E-state index contributed by atoms with van der Waals surface area (Å²) in [6.07, 6.45) is 16.0. The average Bonchev–Trinajstić information content (AvgIpc) is 3.55. The summed E-state index contributed by atoms with van der Waals surface area (Å²) in [6.45, 7) is 13.9. The topological polar surface area (TPSA) is 217 Å². The number of Topliss-reactive ketones (excluding diaryl/α,β-unsaturated/α-hetero) is 1. The first-order valence-corrected chi connectivity index (χ1v) is 23.2. The average molecular weight is 906 g/mol. The van der Waals surface area contributed by atoms with Gasteiger partial charge in [-0.3, -0.25) is 19.4 Å². The van der Waals surface area contributed by atoms with E-state index in [9.17, 15) is 39.9 Å². The van der Waals surface area contributed by atoms with E-state index in [2.05, 4.69) is 5.32 Å². The predicted molar refractivity (Wildman–Crippen MR) is 249 cm³/mol. The molecule has 1 amide bonds. The van der Waals surface area contributed by atoms with Crippen LogP contribution in [0.4, 0.5) is 5.69 Å². The van der Waals surface area contributed by atoms with E-state index in [0.29, 0.717) is 13.1 Å². The van der Waals surface area contributed by atoms with Crippen molar-refractivity contribution in [1.29, 1.82) is 0 Å². The highest BCUT2D eigenvalue weighted by atomic mass is 16.7. The third kappa shape index (κ3) is 11.5. The molecule has 15 heteroatoms. The Balaban J connectivity index is 1.69. The largest absolute Gasteiger partial charge is 0.507 e. The van der Waals surface area contributed by atoms with Gasteiger partial charge in [0.1, 0.15) is 23.4 Å². The van der Waals surface area contributed by atoms with E-state index < -0.39 is 88.8 Å². The molecular formula is C50H71N3O12. The molecule has 15 nitrogen and oxygen atoms in total. The number of amides is 1. The van der Waals surface area contributed by atoms with Gasteiger partial charge in [-0.15, -0.1) is 0 Å². The maximum absolute atomic E-state index is 14.6. The number of carbonyl (C=O) groups excluding carboxylic acids is 3. The summed E-state index contributed by atoms with van der Waals surface area (Å²) in [5.41, 5.74) is -0.252. The Labute approximate surface area is 383 Å². The maximum atomic E-state index is 14.6. The fourth-order valence-corrected chi connectivity index (χ4v) is 9.24. The molecule has 0 radical (unpaired) electrons. The number of nitrogens with one attached hydrogen (secondary N) is 1. The van der Waals surface area contributed by atoms with Crippen LogP contribution in [0.1, 0.15) is 134 Å². The van der Waals surface area contributed by atoms with Gasteiger partial charge < -0.3 is 49.8 Å². The van der Waals surface area contributed by atoms with Gasteiger partial charge in [-0.05, 0) is 32.8 Å². The van der Waals surface area contributed by atoms with E-state index in [4.69, 9.17) is 24.0 Å². The second-order valence-corrected chi connectivity index (χ2v) is 18.4. The molecule has 2 aromatic carbocycles. The van der Waals surface area contributed by atoms with Crippen LogP contribution in [0.3, 0.4) is 0 Å². The zero-order chi connectivity index (χ0) is 47.7. The number of carbonyl (C=O) groups is 3. The number of aromatic hydroxyl groups is 3. The van der Waals surface area contributed by atoms with Crippen molar-refractivity contribution < 1.29 is 58.9 Å². The summed E-state index contributed by atoms with van der Waals surface area (Å²) >= 11 is 0. The molecule has 6 rings (SSSR count). The normalized spacial score (nSPS) is 29.4. The van der Waals surface area contributed by atoms with Gasteiger partial charge in [-0.2, -0.15) is 5.10 Å². The van der Waals surface area contributed by atoms with Gasteiger partial charge in [-0.1, -0.05) is 97.3 Å². The van der Waals surface area contributed by atoms with Crippen LogP contribution in [0.2, 0.25) is 0 Å². The molecule has 1 saturated heterocycles. The van der Waals surface area contributed by atoms with E-state index in [0.717, 1.165) is 38.5 Å². The number of aliphatic hydroxyl groups is 2. The number of hydrogen-bond acceptors (Lipinski definition) is 14.